The fourth-order valence-corrected chi connectivity index (χ4v) is 3.51. The highest BCUT2D eigenvalue weighted by Crippen LogP contribution is 2.38. The van der Waals surface area contributed by atoms with Crippen LogP contribution in [0.2, 0.25) is 10.0 Å². The van der Waals surface area contributed by atoms with E-state index in [1.165, 1.54) is 6.07 Å². The summed E-state index contributed by atoms with van der Waals surface area (Å²) in [6.45, 7) is 3.90. The van der Waals surface area contributed by atoms with Gasteiger partial charge >= 0.3 is 5.69 Å². The van der Waals surface area contributed by atoms with Crippen molar-refractivity contribution in [1.29, 1.82) is 5.26 Å². The molecule has 0 radical (unpaired) electrons. The van der Waals surface area contributed by atoms with Gasteiger partial charge in [0.15, 0.2) is 5.75 Å². The fourth-order valence-electron chi connectivity index (χ4n) is 3.02. The molecule has 29 heavy (non-hydrogen) atoms. The van der Waals surface area contributed by atoms with Crippen LogP contribution in [0.25, 0.3) is 5.69 Å². The number of benzene rings is 1. The maximum Gasteiger partial charge on any atom is 0.349 e. The van der Waals surface area contributed by atoms with E-state index in [0.717, 1.165) is 24.0 Å². The summed E-state index contributed by atoms with van der Waals surface area (Å²) >= 11 is 12.6. The lowest BCUT2D eigenvalue weighted by Crippen LogP contribution is -2.33. The van der Waals surface area contributed by atoms with E-state index in [2.05, 4.69) is 22.2 Å². The number of hydrazone groups is 1. The number of nitrogens with one attached hydrogen (secondary N) is 2. The van der Waals surface area contributed by atoms with Crippen molar-refractivity contribution in [3.8, 4) is 17.5 Å². The van der Waals surface area contributed by atoms with Crippen molar-refractivity contribution >= 4 is 29.1 Å². The zero-order valence-corrected chi connectivity index (χ0v) is 16.1. The summed E-state index contributed by atoms with van der Waals surface area (Å²) in [7, 11) is 0. The molecule has 0 unspecified atom stereocenters. The van der Waals surface area contributed by atoms with E-state index in [0.29, 0.717) is 16.8 Å². The lowest BCUT2D eigenvalue weighted by Gasteiger charge is -2.19. The molecule has 0 saturated heterocycles. The van der Waals surface area contributed by atoms with Crippen LogP contribution >= 0.6 is 23.2 Å². The van der Waals surface area contributed by atoms with Gasteiger partial charge in [0.25, 0.3) is 5.56 Å². The Balaban J connectivity index is 1.85. The van der Waals surface area contributed by atoms with Crippen molar-refractivity contribution in [2.75, 3.05) is 0 Å². The Hall–Kier alpha value is -3.35. The Morgan fingerprint density at radius 2 is 1.97 bits per heavy atom. The largest absolute Gasteiger partial charge is 0.434 e. The maximum absolute atomic E-state index is 12.2. The average molecular weight is 433 g/mol. The highest BCUT2D eigenvalue weighted by Gasteiger charge is 2.27. The molecule has 2 N–H and O–H groups in total. The van der Waals surface area contributed by atoms with Gasteiger partial charge in [-0.2, -0.15) is 9.94 Å². The first-order valence-electron chi connectivity index (χ1n) is 9.30. The standard InChI is InChI=1S/C18H12Cl2N6O3/c1-8-10-3-2-4-11(10)17(24-23-8)29-15-12(19)5-9(6-13(15)20)26-18(28)22-16(27)14(7-21)25-26/h5-6,23H,1-4H2,(H,22,27,28)/i5D,6D. The molecule has 11 heteroatoms. The van der Waals surface area contributed by atoms with Gasteiger partial charge in [-0.3, -0.25) is 15.2 Å². The first-order valence-corrected chi connectivity index (χ1v) is 9.05. The summed E-state index contributed by atoms with van der Waals surface area (Å²) in [5.41, 5.74) is 2.13. The van der Waals surface area contributed by atoms with Crippen LogP contribution in [0.5, 0.6) is 5.75 Å². The van der Waals surface area contributed by atoms with Crippen LogP contribution in [0, 0.1) is 11.3 Å². The van der Waals surface area contributed by atoms with Gasteiger partial charge in [-0.05, 0) is 36.9 Å². The molecule has 0 amide bonds. The van der Waals surface area contributed by atoms with Crippen LogP contribution in [0.1, 0.15) is 27.7 Å². The molecule has 9 nitrogen and oxygen atoms in total. The topological polar surface area (TPSA) is 125 Å². The first kappa shape index (κ1) is 16.6. The van der Waals surface area contributed by atoms with E-state index in [1.807, 2.05) is 4.98 Å². The average Bonchev–Trinajstić information content (AvgIpc) is 3.24. The summed E-state index contributed by atoms with van der Waals surface area (Å²) in [6, 6.07) is 0.512. The third-order valence-electron chi connectivity index (χ3n) is 4.33. The number of aromatic amines is 1. The highest BCUT2D eigenvalue weighted by molar-refractivity contribution is 6.37. The zero-order valence-electron chi connectivity index (χ0n) is 16.6. The van der Waals surface area contributed by atoms with Crippen LogP contribution < -0.4 is 21.4 Å². The monoisotopic (exact) mass is 432 g/mol. The van der Waals surface area contributed by atoms with E-state index >= 15 is 0 Å². The van der Waals surface area contributed by atoms with Gasteiger partial charge in [0.1, 0.15) is 6.07 Å². The van der Waals surface area contributed by atoms with Gasteiger partial charge < -0.3 is 4.74 Å². The van der Waals surface area contributed by atoms with Crippen molar-refractivity contribution in [1.82, 2.24) is 20.2 Å². The van der Waals surface area contributed by atoms with Gasteiger partial charge in [-0.25, -0.2) is 4.79 Å². The number of nitrogens with zero attached hydrogens (tertiary/aromatic N) is 4. The molecule has 1 aliphatic carbocycles. The maximum atomic E-state index is 12.2. The van der Waals surface area contributed by atoms with Crippen molar-refractivity contribution in [3.05, 3.63) is 72.1 Å². The molecule has 0 atom stereocenters. The summed E-state index contributed by atoms with van der Waals surface area (Å²) in [4.78, 5) is 25.7. The van der Waals surface area contributed by atoms with Crippen LogP contribution in [0.3, 0.4) is 0 Å². The molecule has 1 aliphatic heterocycles. The lowest BCUT2D eigenvalue weighted by molar-refractivity contribution is 0.537. The minimum absolute atomic E-state index is 0.188. The number of hydrogen-bond acceptors (Lipinski definition) is 7. The normalized spacial score (nSPS) is 16.4. The Labute approximate surface area is 176 Å². The quantitative estimate of drug-likeness (QED) is 0.749. The van der Waals surface area contributed by atoms with Crippen LogP contribution in [0.4, 0.5) is 0 Å². The number of hydrogen-bond donors (Lipinski definition) is 2. The van der Waals surface area contributed by atoms with Gasteiger partial charge in [-0.15, -0.1) is 10.2 Å². The molecule has 2 aliphatic rings. The number of ether oxygens (including phenoxy) is 1. The molecule has 2 heterocycles. The highest BCUT2D eigenvalue weighted by atomic mass is 35.5. The molecule has 0 fully saturated rings. The second-order valence-electron chi connectivity index (χ2n) is 6.11. The number of H-pyrrole nitrogens is 1. The summed E-state index contributed by atoms with van der Waals surface area (Å²) in [6.07, 6.45) is 2.40. The fraction of sp³-hybridized carbons (Fsp3) is 0.167. The molecule has 2 aromatic rings. The van der Waals surface area contributed by atoms with E-state index in [-0.39, 0.29) is 21.7 Å². The molecule has 1 aromatic heterocycles. The Kier molecular flexibility index (Phi) is 4.14. The van der Waals surface area contributed by atoms with Gasteiger partial charge in [0.2, 0.25) is 11.6 Å². The third-order valence-corrected chi connectivity index (χ3v) is 4.86. The smallest absolute Gasteiger partial charge is 0.349 e. The predicted molar refractivity (Wildman–Crippen MR) is 106 cm³/mol. The lowest BCUT2D eigenvalue weighted by atomic mass is 10.1. The molecule has 0 bridgehead atoms. The molecule has 146 valence electrons. The van der Waals surface area contributed by atoms with E-state index in [4.69, 9.17) is 35.9 Å². The minimum atomic E-state index is -1.06. The Bertz CT molecular complexity index is 1360. The minimum Gasteiger partial charge on any atom is -0.434 e. The van der Waals surface area contributed by atoms with E-state index in [1.54, 1.807) is 0 Å². The first-order chi connectivity index (χ1) is 14.7. The zero-order chi connectivity index (χ0) is 22.4. The SMILES string of the molecule is [2H]c1c(Cl)c(OC2=NNC(=C)C3=C2CCC3)c(Cl)c([2H])c1-n1nc(C#N)c(=O)[nH]c1=O. The van der Waals surface area contributed by atoms with Crippen molar-refractivity contribution in [2.24, 2.45) is 5.10 Å². The number of halogens is 2. The number of allylic oxidation sites excluding steroid dienone is 1. The summed E-state index contributed by atoms with van der Waals surface area (Å²) in [5, 5.41) is 16.1. The van der Waals surface area contributed by atoms with Crippen LogP contribution in [0.15, 0.2) is 50.2 Å². The van der Waals surface area contributed by atoms with Crippen molar-refractivity contribution < 1.29 is 7.48 Å². The summed E-state index contributed by atoms with van der Waals surface area (Å²) < 4.78 is 23.0. The number of aromatic nitrogens is 3. The second kappa shape index (κ2) is 7.24. The molecule has 0 spiro atoms. The molecular weight excluding hydrogens is 419 g/mol. The van der Waals surface area contributed by atoms with Gasteiger partial charge in [-0.1, -0.05) is 29.8 Å². The molecule has 0 saturated carbocycles. The molecule has 1 aromatic carbocycles. The number of rotatable bonds is 2. The van der Waals surface area contributed by atoms with Crippen LogP contribution in [-0.2, 0) is 0 Å². The third kappa shape index (κ3) is 3.33. The number of nitriles is 1. The molecule has 4 rings (SSSR count). The Morgan fingerprint density at radius 1 is 1.28 bits per heavy atom. The second-order valence-corrected chi connectivity index (χ2v) is 6.86. The molecular formula is C18H12Cl2N6O3. The van der Waals surface area contributed by atoms with E-state index < -0.39 is 34.7 Å². The van der Waals surface area contributed by atoms with Crippen molar-refractivity contribution in [2.45, 2.75) is 19.3 Å². The summed E-state index contributed by atoms with van der Waals surface area (Å²) in [5.74, 6) is 0.00762. The predicted octanol–water partition coefficient (Wildman–Crippen LogP) is 2.39. The van der Waals surface area contributed by atoms with Gasteiger partial charge in [0, 0.05) is 5.57 Å². The van der Waals surface area contributed by atoms with Gasteiger partial charge in [0.05, 0.1) is 24.2 Å². The van der Waals surface area contributed by atoms with E-state index in [9.17, 15) is 9.59 Å². The van der Waals surface area contributed by atoms with Crippen molar-refractivity contribution in [3.63, 3.8) is 0 Å². The Morgan fingerprint density at radius 3 is 2.66 bits per heavy atom. The van der Waals surface area contributed by atoms with Crippen LogP contribution in [-0.4, -0.2) is 20.7 Å².